The van der Waals surface area contributed by atoms with Crippen LogP contribution in [0.4, 0.5) is 0 Å². The van der Waals surface area contributed by atoms with Crippen molar-refractivity contribution < 1.29 is 9.59 Å². The average Bonchev–Trinajstić information content (AvgIpc) is 3.73. The SMILES string of the molecule is CC.CC.Cc1cc2c(cn1)-c1c(-c3cccc(C)c3C)ccc(C(N)=O)c1C2.Cc1cc2c(cn1)Cc1c(C(N)=O)ccc(-c3cccc(C)c3C)c1-2. The summed E-state index contributed by atoms with van der Waals surface area (Å²) in [6.07, 6.45) is 5.28. The number of pyridine rings is 2. The number of carbonyl (C=O) groups is 2. The van der Waals surface area contributed by atoms with Crippen LogP contribution in [0.25, 0.3) is 44.5 Å². The molecule has 0 radical (unpaired) electrons. The molecule has 2 heterocycles. The van der Waals surface area contributed by atoms with Gasteiger partial charge < -0.3 is 11.5 Å². The second kappa shape index (κ2) is 16.4. The van der Waals surface area contributed by atoms with Crippen LogP contribution in [0, 0.1) is 41.5 Å². The average molecular weight is 717 g/mol. The molecule has 0 unspecified atom stereocenters. The maximum atomic E-state index is 12.0. The minimum atomic E-state index is -0.374. The van der Waals surface area contributed by atoms with E-state index in [9.17, 15) is 9.59 Å². The normalized spacial score (nSPS) is 11.3. The highest BCUT2D eigenvalue weighted by molar-refractivity contribution is 6.03. The molecule has 0 fully saturated rings. The molecule has 0 spiro atoms. The Morgan fingerprint density at radius 2 is 0.944 bits per heavy atom. The lowest BCUT2D eigenvalue weighted by Gasteiger charge is -2.16. The molecule has 0 aliphatic heterocycles. The second-order valence-electron chi connectivity index (χ2n) is 13.6. The third-order valence-corrected chi connectivity index (χ3v) is 10.5. The smallest absolute Gasteiger partial charge is 0.249 e. The Balaban J connectivity index is 0.000000190. The van der Waals surface area contributed by atoms with Crippen LogP contribution < -0.4 is 11.5 Å². The number of aryl methyl sites for hydroxylation is 4. The number of fused-ring (bicyclic) bond motifs is 6. The topological polar surface area (TPSA) is 112 Å². The number of nitrogens with two attached hydrogens (primary N) is 2. The zero-order valence-electron chi connectivity index (χ0n) is 33.4. The van der Waals surface area contributed by atoms with E-state index >= 15 is 0 Å². The predicted octanol–water partition coefficient (Wildman–Crippen LogP) is 10.7. The van der Waals surface area contributed by atoms with Gasteiger partial charge in [-0.15, -0.1) is 0 Å². The summed E-state index contributed by atoms with van der Waals surface area (Å²) >= 11 is 0. The number of rotatable bonds is 4. The zero-order valence-corrected chi connectivity index (χ0v) is 33.4. The molecule has 0 saturated carbocycles. The maximum Gasteiger partial charge on any atom is 0.249 e. The van der Waals surface area contributed by atoms with Gasteiger partial charge in [0.2, 0.25) is 11.8 Å². The summed E-state index contributed by atoms with van der Waals surface area (Å²) in [4.78, 5) is 32.8. The fourth-order valence-electron chi connectivity index (χ4n) is 7.60. The van der Waals surface area contributed by atoms with Gasteiger partial charge in [-0.05, 0) is 156 Å². The number of aromatic nitrogens is 2. The van der Waals surface area contributed by atoms with Crippen molar-refractivity contribution in [2.45, 2.75) is 82.1 Å². The lowest BCUT2D eigenvalue weighted by molar-refractivity contribution is 0.0991. The van der Waals surface area contributed by atoms with E-state index in [-0.39, 0.29) is 11.8 Å². The first-order chi connectivity index (χ1) is 25.9. The van der Waals surface area contributed by atoms with Crippen LogP contribution in [-0.2, 0) is 12.8 Å². The highest BCUT2D eigenvalue weighted by Crippen LogP contribution is 2.47. The highest BCUT2D eigenvalue weighted by Gasteiger charge is 2.29. The molecule has 0 bridgehead atoms. The standard InChI is InChI=1S/2C22H20N2O.2C2H6/c1-12-5-4-6-16(14(12)3)17-7-8-18(22(23)25)20-10-15-11-24-13(2)9-19(15)21(17)20;1-12-5-4-6-16(14(12)3)17-7-8-18(22(23)25)19-10-15-9-13(2)24-11-20(15)21(17)19;2*1-2/h2*4-9,11H,10H2,1-3H3,(H2,23,25);2*1-2H3. The number of primary amides is 2. The number of hydrogen-bond acceptors (Lipinski definition) is 4. The quantitative estimate of drug-likeness (QED) is 0.189. The molecule has 4 N–H and O–H groups in total. The first kappa shape index (κ1) is 39.3. The molecule has 0 saturated heterocycles. The van der Waals surface area contributed by atoms with Gasteiger partial charge in [-0.25, -0.2) is 0 Å². The molecule has 0 atom stereocenters. The summed E-state index contributed by atoms with van der Waals surface area (Å²) in [6, 6.07) is 24.7. The number of carbonyl (C=O) groups excluding carboxylic acids is 2. The van der Waals surface area contributed by atoms with E-state index in [0.29, 0.717) is 17.5 Å². The molecule has 2 aliphatic carbocycles. The van der Waals surface area contributed by atoms with Gasteiger partial charge in [-0.3, -0.25) is 19.6 Å². The van der Waals surface area contributed by atoms with Crippen LogP contribution in [0.5, 0.6) is 0 Å². The van der Waals surface area contributed by atoms with Gasteiger partial charge in [0.25, 0.3) is 0 Å². The van der Waals surface area contributed by atoms with Crippen molar-refractivity contribution in [1.29, 1.82) is 0 Å². The minimum absolute atomic E-state index is 0.374. The van der Waals surface area contributed by atoms with E-state index in [1.807, 2.05) is 78.2 Å². The first-order valence-electron chi connectivity index (χ1n) is 18.9. The van der Waals surface area contributed by atoms with Crippen LogP contribution in [0.2, 0.25) is 0 Å². The van der Waals surface area contributed by atoms with Crippen molar-refractivity contribution in [2.75, 3.05) is 0 Å². The number of hydrogen-bond donors (Lipinski definition) is 2. The Hall–Kier alpha value is -5.88. The molecule has 6 heteroatoms. The monoisotopic (exact) mass is 716 g/mol. The lowest BCUT2D eigenvalue weighted by Crippen LogP contribution is -2.13. The lowest BCUT2D eigenvalue weighted by atomic mass is 9.88. The largest absolute Gasteiger partial charge is 0.366 e. The van der Waals surface area contributed by atoms with Crippen LogP contribution >= 0.6 is 0 Å². The zero-order chi connectivity index (χ0) is 39.4. The molecule has 6 nitrogen and oxygen atoms in total. The van der Waals surface area contributed by atoms with E-state index in [1.54, 1.807) is 0 Å². The fraction of sp³-hybridized carbons (Fsp3) is 0.250. The third kappa shape index (κ3) is 7.21. The Labute approximate surface area is 320 Å². The number of nitrogens with zero attached hydrogens (tertiary/aromatic N) is 2. The molecule has 2 aliphatic rings. The Morgan fingerprint density at radius 3 is 1.44 bits per heavy atom. The Kier molecular flexibility index (Phi) is 12.0. The summed E-state index contributed by atoms with van der Waals surface area (Å²) < 4.78 is 0. The fourth-order valence-corrected chi connectivity index (χ4v) is 7.60. The molecule has 54 heavy (non-hydrogen) atoms. The van der Waals surface area contributed by atoms with Crippen LogP contribution in [0.1, 0.15) is 104 Å². The maximum absolute atomic E-state index is 12.0. The van der Waals surface area contributed by atoms with Crippen molar-refractivity contribution >= 4 is 11.8 Å². The van der Waals surface area contributed by atoms with Crippen LogP contribution in [0.3, 0.4) is 0 Å². The summed E-state index contributed by atoms with van der Waals surface area (Å²) in [6.45, 7) is 20.5. The molecule has 6 aromatic rings. The minimum Gasteiger partial charge on any atom is -0.366 e. The molecule has 2 aromatic heterocycles. The van der Waals surface area contributed by atoms with Gasteiger partial charge in [0, 0.05) is 46.9 Å². The Bertz CT molecular complexity index is 2410. The molecule has 8 rings (SSSR count). The van der Waals surface area contributed by atoms with Crippen LogP contribution in [-0.4, -0.2) is 21.8 Å². The van der Waals surface area contributed by atoms with Gasteiger partial charge in [0.1, 0.15) is 0 Å². The second-order valence-corrected chi connectivity index (χ2v) is 13.6. The van der Waals surface area contributed by atoms with Gasteiger partial charge >= 0.3 is 0 Å². The molecular formula is C48H52N4O2. The predicted molar refractivity (Wildman–Crippen MR) is 224 cm³/mol. The van der Waals surface area contributed by atoms with Crippen LogP contribution in [0.15, 0.2) is 85.2 Å². The summed E-state index contributed by atoms with van der Waals surface area (Å²) in [5.74, 6) is -0.748. The van der Waals surface area contributed by atoms with Crippen molar-refractivity contribution in [1.82, 2.24) is 9.97 Å². The van der Waals surface area contributed by atoms with Gasteiger partial charge in [-0.1, -0.05) is 76.2 Å². The number of benzene rings is 4. The summed E-state index contributed by atoms with van der Waals surface area (Å²) in [5, 5.41) is 0. The van der Waals surface area contributed by atoms with Crippen molar-refractivity contribution in [2.24, 2.45) is 11.5 Å². The van der Waals surface area contributed by atoms with Gasteiger partial charge in [-0.2, -0.15) is 0 Å². The van der Waals surface area contributed by atoms with E-state index in [4.69, 9.17) is 11.5 Å². The van der Waals surface area contributed by atoms with Gasteiger partial charge in [0.15, 0.2) is 0 Å². The highest BCUT2D eigenvalue weighted by atomic mass is 16.1. The van der Waals surface area contributed by atoms with Crippen molar-refractivity contribution in [3.05, 3.63) is 152 Å². The molecular weight excluding hydrogens is 665 g/mol. The third-order valence-electron chi connectivity index (χ3n) is 10.5. The first-order valence-corrected chi connectivity index (χ1v) is 18.9. The van der Waals surface area contributed by atoms with E-state index in [1.165, 1.54) is 44.5 Å². The molecule has 4 aromatic carbocycles. The number of amides is 2. The van der Waals surface area contributed by atoms with Crippen molar-refractivity contribution in [3.8, 4) is 44.5 Å². The molecule has 2 amide bonds. The Morgan fingerprint density at radius 1 is 0.500 bits per heavy atom. The van der Waals surface area contributed by atoms with Gasteiger partial charge in [0.05, 0.1) is 0 Å². The van der Waals surface area contributed by atoms with E-state index in [2.05, 4.69) is 86.2 Å². The van der Waals surface area contributed by atoms with Crippen molar-refractivity contribution in [3.63, 3.8) is 0 Å². The summed E-state index contributed by atoms with van der Waals surface area (Å²) in [5.41, 5.74) is 33.1. The molecule has 276 valence electrons. The van der Waals surface area contributed by atoms with E-state index < -0.39 is 0 Å². The van der Waals surface area contributed by atoms with E-state index in [0.717, 1.165) is 62.3 Å². The summed E-state index contributed by atoms with van der Waals surface area (Å²) in [7, 11) is 0.